The summed E-state index contributed by atoms with van der Waals surface area (Å²) >= 11 is 1.38. The molecule has 119 heavy (non-hydrogen) atoms. The standard InChI is InChI=1S/C112H112N6S/c1(5-13-41-75-115-101-57-29-19-47-89(101)90-48-20-30-58-102(90)115)9-37-71-111(72-38-10-2-6-14-42-76-116-103-59-31-21-49-91(103)92-50-22-32-60-104(92)116)97-55-27-17-45-85(97)87-67-65-81(79-99(87)111)83-69-70-84(110-109(83)113-119-114-110)82-66-68-88-86-46-18-28-56-98(86)112(100(88)80-82,73-39-11-3-7-15-43-77-117-105-61-33-23-51-93(105)94-52-24-34-62-106(94)117)74-40-12-4-8-16-44-78-118-107-63-35-25-53-95(107)96-54-26-36-64-108(96)118/h17-36,45-70,79-80H,1-16,37-44,71-78H2. The van der Waals surface area contributed by atoms with Gasteiger partial charge in [-0.25, -0.2) is 0 Å². The molecule has 0 fully saturated rings. The van der Waals surface area contributed by atoms with Gasteiger partial charge in [0.2, 0.25) is 0 Å². The van der Waals surface area contributed by atoms with Gasteiger partial charge in [0, 0.05) is 135 Å². The van der Waals surface area contributed by atoms with Gasteiger partial charge in [-0.05, 0) is 168 Å². The Morgan fingerprint density at radius 3 is 0.672 bits per heavy atom. The summed E-state index contributed by atoms with van der Waals surface area (Å²) < 4.78 is 20.9. The van der Waals surface area contributed by atoms with Crippen LogP contribution in [0.15, 0.2) is 291 Å². The Balaban J connectivity index is 0.550. The van der Waals surface area contributed by atoms with Gasteiger partial charge in [0.15, 0.2) is 0 Å². The molecular formula is C112H112N6S. The van der Waals surface area contributed by atoms with Gasteiger partial charge in [0.1, 0.15) is 11.0 Å². The van der Waals surface area contributed by atoms with E-state index < -0.39 is 0 Å². The minimum atomic E-state index is -0.0761. The molecular weight excluding hydrogens is 1460 g/mol. The van der Waals surface area contributed by atoms with Crippen LogP contribution >= 0.6 is 11.7 Å². The monoisotopic (exact) mass is 1570 g/mol. The van der Waals surface area contributed by atoms with Crippen LogP contribution in [0.2, 0.25) is 0 Å². The Labute approximate surface area is 706 Å². The number of para-hydroxylation sites is 8. The van der Waals surface area contributed by atoms with E-state index in [1.807, 2.05) is 0 Å². The highest BCUT2D eigenvalue weighted by Crippen LogP contribution is 2.58. The topological polar surface area (TPSA) is 45.5 Å². The highest BCUT2D eigenvalue weighted by Gasteiger charge is 2.44. The first-order valence-corrected chi connectivity index (χ1v) is 46.4. The molecule has 0 N–H and O–H groups in total. The number of aromatic nitrogens is 6. The van der Waals surface area contributed by atoms with Crippen LogP contribution in [0, 0.1) is 0 Å². The molecule has 2 aliphatic carbocycles. The van der Waals surface area contributed by atoms with Crippen LogP contribution in [0.1, 0.15) is 202 Å². The third kappa shape index (κ3) is 14.6. The summed E-state index contributed by atoms with van der Waals surface area (Å²) in [5.41, 5.74) is 29.5. The van der Waals surface area contributed by atoms with E-state index in [9.17, 15) is 0 Å². The van der Waals surface area contributed by atoms with E-state index in [0.717, 1.165) is 62.9 Å². The fourth-order valence-electron chi connectivity index (χ4n) is 22.5. The summed E-state index contributed by atoms with van der Waals surface area (Å²) in [7, 11) is 0. The first-order valence-electron chi connectivity index (χ1n) is 45.7. The van der Waals surface area contributed by atoms with E-state index in [1.54, 1.807) is 11.1 Å². The number of fused-ring (bicyclic) bond motifs is 19. The quantitative estimate of drug-likeness (QED) is 0.0362. The third-order valence-corrected chi connectivity index (χ3v) is 28.8. The summed E-state index contributed by atoms with van der Waals surface area (Å²) in [6, 6.07) is 111. The maximum atomic E-state index is 5.30. The van der Waals surface area contributed by atoms with E-state index in [0.29, 0.717) is 0 Å². The molecule has 0 spiro atoms. The molecule has 0 amide bonds. The summed E-state index contributed by atoms with van der Waals surface area (Å²) in [5.74, 6) is 0. The Morgan fingerprint density at radius 1 is 0.193 bits per heavy atom. The number of nitrogens with zero attached hydrogens (tertiary/aromatic N) is 6. The highest BCUT2D eigenvalue weighted by molar-refractivity contribution is 7.00. The molecule has 596 valence electrons. The van der Waals surface area contributed by atoms with Crippen LogP contribution in [0.25, 0.3) is 143 Å². The Hall–Kier alpha value is -11.1. The van der Waals surface area contributed by atoms with Gasteiger partial charge < -0.3 is 18.3 Å². The van der Waals surface area contributed by atoms with Crippen LogP contribution in [-0.2, 0) is 37.0 Å². The smallest absolute Gasteiger partial charge is 0.113 e. The molecule has 5 aromatic heterocycles. The Kier molecular flexibility index (Phi) is 22.3. The van der Waals surface area contributed by atoms with E-state index in [2.05, 4.69) is 309 Å². The number of aryl methyl sites for hydroxylation is 4. The van der Waals surface area contributed by atoms with Gasteiger partial charge in [-0.3, -0.25) is 0 Å². The van der Waals surface area contributed by atoms with E-state index in [4.69, 9.17) is 8.75 Å². The molecule has 7 heteroatoms. The third-order valence-electron chi connectivity index (χ3n) is 28.2. The summed E-state index contributed by atoms with van der Waals surface area (Å²) in [6.07, 6.45) is 34.5. The van der Waals surface area contributed by atoms with Crippen LogP contribution in [-0.4, -0.2) is 27.0 Å². The van der Waals surface area contributed by atoms with Crippen molar-refractivity contribution in [3.05, 3.63) is 313 Å². The highest BCUT2D eigenvalue weighted by atomic mass is 32.1. The molecule has 0 saturated carbocycles. The molecule has 0 atom stereocenters. The Bertz CT molecular complexity index is 5780. The first kappa shape index (κ1) is 76.6. The molecule has 0 unspecified atom stereocenters. The van der Waals surface area contributed by atoms with Crippen molar-refractivity contribution >= 4 is 110 Å². The van der Waals surface area contributed by atoms with Crippen LogP contribution in [0.5, 0.6) is 0 Å². The van der Waals surface area contributed by atoms with E-state index in [1.165, 1.54) is 309 Å². The zero-order valence-electron chi connectivity index (χ0n) is 69.4. The van der Waals surface area contributed by atoms with Gasteiger partial charge in [0.25, 0.3) is 0 Å². The van der Waals surface area contributed by atoms with E-state index >= 15 is 0 Å². The van der Waals surface area contributed by atoms with Gasteiger partial charge >= 0.3 is 0 Å². The Morgan fingerprint density at radius 2 is 0.403 bits per heavy atom. The minimum Gasteiger partial charge on any atom is -0.340 e. The van der Waals surface area contributed by atoms with Crippen LogP contribution in [0.4, 0.5) is 0 Å². The van der Waals surface area contributed by atoms with Gasteiger partial charge in [0.05, 0.1) is 11.7 Å². The van der Waals surface area contributed by atoms with Gasteiger partial charge in [-0.2, -0.15) is 8.75 Å². The molecule has 18 aromatic rings. The summed E-state index contributed by atoms with van der Waals surface area (Å²) in [5, 5.41) is 11.0. The molecule has 5 heterocycles. The first-order chi connectivity index (χ1) is 59.1. The molecule has 13 aromatic carbocycles. The van der Waals surface area contributed by atoms with Crippen molar-refractivity contribution in [3.8, 4) is 44.5 Å². The van der Waals surface area contributed by atoms with Crippen molar-refractivity contribution in [2.75, 3.05) is 0 Å². The van der Waals surface area contributed by atoms with Crippen molar-refractivity contribution in [1.82, 2.24) is 27.0 Å². The lowest BCUT2D eigenvalue weighted by Gasteiger charge is -2.33. The molecule has 2 aliphatic rings. The van der Waals surface area contributed by atoms with E-state index in [-0.39, 0.29) is 10.8 Å². The lowest BCUT2D eigenvalue weighted by Crippen LogP contribution is -2.25. The van der Waals surface area contributed by atoms with Crippen molar-refractivity contribution in [1.29, 1.82) is 0 Å². The molecule has 6 nitrogen and oxygen atoms in total. The predicted octanol–water partition coefficient (Wildman–Crippen LogP) is 31.7. The fourth-order valence-corrected chi connectivity index (χ4v) is 23.1. The largest absolute Gasteiger partial charge is 0.340 e. The summed E-state index contributed by atoms with van der Waals surface area (Å²) in [6.45, 7) is 4.25. The molecule has 0 saturated heterocycles. The fraction of sp³-hybridized carbons (Fsp3) is 0.304. The second kappa shape index (κ2) is 34.7. The predicted molar refractivity (Wildman–Crippen MR) is 508 cm³/mol. The lowest BCUT2D eigenvalue weighted by molar-refractivity contribution is 0.397. The van der Waals surface area contributed by atoms with Crippen LogP contribution in [0.3, 0.4) is 0 Å². The molecule has 0 aliphatic heterocycles. The molecule has 0 bridgehead atoms. The zero-order chi connectivity index (χ0) is 79.3. The number of hydrogen-bond donors (Lipinski definition) is 0. The van der Waals surface area contributed by atoms with Crippen molar-refractivity contribution in [2.45, 2.75) is 217 Å². The number of benzene rings is 13. The van der Waals surface area contributed by atoms with Gasteiger partial charge in [-0.1, -0.05) is 359 Å². The maximum absolute atomic E-state index is 5.30. The SMILES string of the molecule is c1ccc2c(c1)-c1ccc(-c3ccc(-c4ccc5c(c4)C(CCCCCCCCn4c6ccccc6c6ccccc64)(CCCCCCCCn4c6ccccc6c6ccccc64)c4ccccc4-5)c4nsnc34)cc1C2(CCCCCCCCn1c2ccccc2c2ccccc21)CCCCCCCCn1c2ccccc2c2ccccc21. The average molecular weight is 1570 g/mol. The van der Waals surface area contributed by atoms with Gasteiger partial charge in [-0.15, -0.1) is 0 Å². The average Bonchev–Trinajstić information content (AvgIpc) is 1.56. The number of hydrogen-bond acceptors (Lipinski definition) is 3. The summed E-state index contributed by atoms with van der Waals surface area (Å²) in [4.78, 5) is 0. The maximum Gasteiger partial charge on any atom is 0.113 e. The molecule has 20 rings (SSSR count). The van der Waals surface area contributed by atoms with Crippen molar-refractivity contribution in [3.63, 3.8) is 0 Å². The lowest BCUT2D eigenvalue weighted by atomic mass is 9.70. The second-order valence-corrected chi connectivity index (χ2v) is 35.7. The zero-order valence-corrected chi connectivity index (χ0v) is 70.2. The van der Waals surface area contributed by atoms with Crippen molar-refractivity contribution < 1.29 is 0 Å². The number of rotatable bonds is 38. The normalized spacial score (nSPS) is 13.4. The molecule has 0 radical (unpaired) electrons. The second-order valence-electron chi connectivity index (χ2n) is 35.1. The minimum absolute atomic E-state index is 0.0761. The van der Waals surface area contributed by atoms with Crippen molar-refractivity contribution in [2.24, 2.45) is 0 Å². The number of unbranched alkanes of at least 4 members (excludes halogenated alkanes) is 20. The van der Waals surface area contributed by atoms with Crippen LogP contribution < -0.4 is 0 Å².